The molecular weight excluding hydrogens is 410 g/mol. The zero-order valence-corrected chi connectivity index (χ0v) is 16.6. The molecule has 3 heterocycles. The van der Waals surface area contributed by atoms with E-state index in [4.69, 9.17) is 21.4 Å². The maximum atomic E-state index is 11.2. The normalized spacial score (nSPS) is 12.6. The minimum absolute atomic E-state index is 0.132. The fourth-order valence-electron chi connectivity index (χ4n) is 3.42. The Morgan fingerprint density at radius 2 is 2.07 bits per heavy atom. The molecule has 0 saturated heterocycles. The van der Waals surface area contributed by atoms with Gasteiger partial charge in [0.25, 0.3) is 0 Å². The molecule has 2 aromatic carbocycles. The van der Waals surface area contributed by atoms with Crippen LogP contribution in [0, 0.1) is 0 Å². The lowest BCUT2D eigenvalue weighted by molar-refractivity contribution is 0.0697. The summed E-state index contributed by atoms with van der Waals surface area (Å²) < 4.78 is 7.65. The zero-order chi connectivity index (χ0) is 20.0. The average Bonchev–Trinajstić information content (AvgIpc) is 3.32. The van der Waals surface area contributed by atoms with E-state index in [0.29, 0.717) is 23.1 Å². The third kappa shape index (κ3) is 3.08. The molecule has 0 amide bonds. The number of carboxylic acids is 1. The molecule has 0 spiro atoms. The molecule has 4 aromatic rings. The molecule has 0 unspecified atom stereocenters. The van der Waals surface area contributed by atoms with Crippen molar-refractivity contribution >= 4 is 28.9 Å². The van der Waals surface area contributed by atoms with Gasteiger partial charge in [-0.05, 0) is 42.0 Å². The number of nitrogens with zero attached hydrogens (tertiary/aromatic N) is 3. The molecule has 0 aliphatic carbocycles. The molecule has 5 rings (SSSR count). The first-order valence-corrected chi connectivity index (χ1v) is 10.1. The Kier molecular flexibility index (Phi) is 4.34. The summed E-state index contributed by atoms with van der Waals surface area (Å²) in [7, 11) is 0. The number of halogens is 1. The molecule has 6 nitrogen and oxygen atoms in total. The summed E-state index contributed by atoms with van der Waals surface area (Å²) in [6.07, 6.45) is 2.39. The second kappa shape index (κ2) is 7.02. The highest BCUT2D eigenvalue weighted by Gasteiger charge is 2.22. The van der Waals surface area contributed by atoms with E-state index >= 15 is 0 Å². The van der Waals surface area contributed by atoms with Crippen LogP contribution in [0.3, 0.4) is 0 Å². The number of hydrogen-bond acceptors (Lipinski definition) is 5. The van der Waals surface area contributed by atoms with Gasteiger partial charge in [0.15, 0.2) is 5.82 Å². The van der Waals surface area contributed by atoms with Crippen LogP contribution in [0.2, 0.25) is 5.02 Å². The van der Waals surface area contributed by atoms with Crippen molar-refractivity contribution in [1.82, 2.24) is 14.8 Å². The van der Waals surface area contributed by atoms with Gasteiger partial charge in [0.2, 0.25) is 0 Å². The predicted molar refractivity (Wildman–Crippen MR) is 111 cm³/mol. The van der Waals surface area contributed by atoms with Gasteiger partial charge in [-0.2, -0.15) is 0 Å². The maximum Gasteiger partial charge on any atom is 0.335 e. The van der Waals surface area contributed by atoms with Crippen LogP contribution in [0.15, 0.2) is 54.9 Å². The fourth-order valence-corrected chi connectivity index (χ4v) is 4.91. The lowest BCUT2D eigenvalue weighted by Crippen LogP contribution is -2.00. The highest BCUT2D eigenvalue weighted by atomic mass is 35.5. The Morgan fingerprint density at radius 1 is 1.21 bits per heavy atom. The predicted octanol–water partition coefficient (Wildman–Crippen LogP) is 4.95. The molecule has 1 aliphatic rings. The van der Waals surface area contributed by atoms with Gasteiger partial charge in [-0.1, -0.05) is 23.7 Å². The van der Waals surface area contributed by atoms with Crippen molar-refractivity contribution in [3.05, 3.63) is 71.0 Å². The van der Waals surface area contributed by atoms with Gasteiger partial charge in [-0.3, -0.25) is 4.57 Å². The number of para-hydroxylation sites is 1. The molecule has 0 fully saturated rings. The molecule has 1 N–H and O–H groups in total. The third-order valence-electron chi connectivity index (χ3n) is 4.79. The van der Waals surface area contributed by atoms with E-state index in [1.54, 1.807) is 28.3 Å². The summed E-state index contributed by atoms with van der Waals surface area (Å²) in [5.41, 5.74) is 3.04. The lowest BCUT2D eigenvalue weighted by Gasteiger charge is -2.08. The number of fused-ring (bicyclic) bond motifs is 3. The number of ether oxygens (including phenoxy) is 1. The Hall–Kier alpha value is -3.16. The molecule has 0 saturated carbocycles. The summed E-state index contributed by atoms with van der Waals surface area (Å²) in [4.78, 5) is 13.3. The number of benzene rings is 2. The molecule has 144 valence electrons. The Bertz CT molecular complexity index is 1250. The molecular formula is C21H14ClN3O3S. The summed E-state index contributed by atoms with van der Waals surface area (Å²) in [5.74, 6) is 0.519. The average molecular weight is 424 g/mol. The van der Waals surface area contributed by atoms with E-state index in [2.05, 4.69) is 22.3 Å². The van der Waals surface area contributed by atoms with E-state index in [1.165, 1.54) is 17.7 Å². The highest BCUT2D eigenvalue weighted by molar-refractivity contribution is 7.19. The van der Waals surface area contributed by atoms with Crippen molar-refractivity contribution < 1.29 is 14.6 Å². The van der Waals surface area contributed by atoms with E-state index in [0.717, 1.165) is 27.5 Å². The summed E-state index contributed by atoms with van der Waals surface area (Å²) >= 11 is 7.99. The van der Waals surface area contributed by atoms with Crippen molar-refractivity contribution in [3.63, 3.8) is 0 Å². The van der Waals surface area contributed by atoms with Crippen LogP contribution in [-0.2, 0) is 6.42 Å². The van der Waals surface area contributed by atoms with Gasteiger partial charge in [0.1, 0.15) is 12.1 Å². The summed E-state index contributed by atoms with van der Waals surface area (Å²) in [6.45, 7) is 0.620. The van der Waals surface area contributed by atoms with E-state index < -0.39 is 5.97 Å². The van der Waals surface area contributed by atoms with Crippen LogP contribution in [0.1, 0.15) is 15.9 Å². The van der Waals surface area contributed by atoms with Gasteiger partial charge in [0, 0.05) is 16.9 Å². The van der Waals surface area contributed by atoms with Crippen LogP contribution in [0.5, 0.6) is 5.75 Å². The maximum absolute atomic E-state index is 11.2. The van der Waals surface area contributed by atoms with Crippen molar-refractivity contribution in [3.8, 4) is 32.6 Å². The van der Waals surface area contributed by atoms with Crippen LogP contribution in [0.25, 0.3) is 26.8 Å². The van der Waals surface area contributed by atoms with Crippen molar-refractivity contribution in [1.29, 1.82) is 0 Å². The van der Waals surface area contributed by atoms with Crippen molar-refractivity contribution in [2.24, 2.45) is 0 Å². The Morgan fingerprint density at radius 3 is 2.90 bits per heavy atom. The van der Waals surface area contributed by atoms with Crippen LogP contribution in [0.4, 0.5) is 0 Å². The SMILES string of the molecule is O=C(O)c1ccc(-n2cnnc2-c2cc3c(s2)-c2ccccc2OCC3)c(Cl)c1. The number of aromatic carboxylic acids is 1. The van der Waals surface area contributed by atoms with Gasteiger partial charge >= 0.3 is 5.97 Å². The first-order chi connectivity index (χ1) is 14.1. The van der Waals surface area contributed by atoms with Crippen molar-refractivity contribution in [2.45, 2.75) is 6.42 Å². The molecule has 8 heteroatoms. The second-order valence-electron chi connectivity index (χ2n) is 6.56. The van der Waals surface area contributed by atoms with Crippen molar-refractivity contribution in [2.75, 3.05) is 6.61 Å². The minimum atomic E-state index is -1.02. The van der Waals surface area contributed by atoms with E-state index in [1.807, 2.05) is 18.2 Å². The smallest absolute Gasteiger partial charge is 0.335 e. The highest BCUT2D eigenvalue weighted by Crippen LogP contribution is 2.43. The minimum Gasteiger partial charge on any atom is -0.493 e. The standard InChI is InChI=1S/C21H14ClN3O3S/c22-15-9-13(21(26)27)5-6-16(15)25-11-23-24-20(25)18-10-12-7-8-28-17-4-2-1-3-14(17)19(12)29-18/h1-6,9-11H,7-8H2,(H,26,27). The first-order valence-electron chi connectivity index (χ1n) is 8.90. The van der Waals surface area contributed by atoms with E-state index in [-0.39, 0.29) is 5.56 Å². The van der Waals surface area contributed by atoms with Crippen LogP contribution in [-0.4, -0.2) is 32.4 Å². The number of carboxylic acid groups (broad SMARTS) is 1. The largest absolute Gasteiger partial charge is 0.493 e. The Labute approximate surface area is 175 Å². The Balaban J connectivity index is 1.61. The van der Waals surface area contributed by atoms with Gasteiger partial charge in [0.05, 0.1) is 27.8 Å². The molecule has 0 atom stereocenters. The number of aromatic nitrogens is 3. The molecule has 0 bridgehead atoms. The number of rotatable bonds is 3. The fraction of sp³-hybridized carbons (Fsp3) is 0.0952. The first kappa shape index (κ1) is 17.9. The monoisotopic (exact) mass is 423 g/mol. The summed E-state index contributed by atoms with van der Waals surface area (Å²) in [6, 6.07) is 14.7. The third-order valence-corrected chi connectivity index (χ3v) is 6.30. The quantitative estimate of drug-likeness (QED) is 0.504. The van der Waals surface area contributed by atoms with Crippen LogP contribution < -0.4 is 4.74 Å². The summed E-state index contributed by atoms with van der Waals surface area (Å²) in [5, 5.41) is 17.8. The van der Waals surface area contributed by atoms with E-state index in [9.17, 15) is 4.79 Å². The topological polar surface area (TPSA) is 77.2 Å². The lowest BCUT2D eigenvalue weighted by atomic mass is 10.1. The molecule has 29 heavy (non-hydrogen) atoms. The molecule has 2 aromatic heterocycles. The number of thiophene rings is 1. The van der Waals surface area contributed by atoms with Gasteiger partial charge < -0.3 is 9.84 Å². The second-order valence-corrected chi connectivity index (χ2v) is 8.01. The zero-order valence-electron chi connectivity index (χ0n) is 15.0. The van der Waals surface area contributed by atoms with Crippen LogP contribution >= 0.6 is 22.9 Å². The molecule has 1 aliphatic heterocycles. The van der Waals surface area contributed by atoms with Gasteiger partial charge in [-0.15, -0.1) is 21.5 Å². The van der Waals surface area contributed by atoms with Gasteiger partial charge in [-0.25, -0.2) is 4.79 Å². The molecule has 0 radical (unpaired) electrons. The number of carbonyl (C=O) groups is 1. The number of hydrogen-bond donors (Lipinski definition) is 1.